The highest BCUT2D eigenvalue weighted by Crippen LogP contribution is 2.21. The minimum atomic E-state index is -0.0958. The molecule has 8 heteroatoms. The SMILES string of the molecule is Cc1nc(-c2noc(-c3ccncc3)n2)cn1CC(=O)NCc1ccccc1. The fourth-order valence-electron chi connectivity index (χ4n) is 2.72. The van der Waals surface area contributed by atoms with E-state index in [2.05, 4.69) is 25.4 Å². The molecule has 8 nitrogen and oxygen atoms in total. The molecular formula is C20H18N6O2. The number of nitrogens with one attached hydrogen (secondary N) is 1. The van der Waals surface area contributed by atoms with Crippen molar-refractivity contribution in [3.63, 3.8) is 0 Å². The van der Waals surface area contributed by atoms with Gasteiger partial charge in [0.05, 0.1) is 0 Å². The normalized spacial score (nSPS) is 10.8. The molecule has 28 heavy (non-hydrogen) atoms. The average Bonchev–Trinajstić information content (AvgIpc) is 3.35. The van der Waals surface area contributed by atoms with Crippen LogP contribution in [0.1, 0.15) is 11.4 Å². The second-order valence-electron chi connectivity index (χ2n) is 6.22. The lowest BCUT2D eigenvalue weighted by atomic mass is 10.2. The maximum absolute atomic E-state index is 12.3. The molecule has 1 aromatic carbocycles. The van der Waals surface area contributed by atoms with Gasteiger partial charge in [0.2, 0.25) is 11.7 Å². The quantitative estimate of drug-likeness (QED) is 0.557. The van der Waals surface area contributed by atoms with Crippen LogP contribution in [-0.2, 0) is 17.9 Å². The van der Waals surface area contributed by atoms with E-state index < -0.39 is 0 Å². The molecular weight excluding hydrogens is 356 g/mol. The van der Waals surface area contributed by atoms with Gasteiger partial charge in [0, 0.05) is 30.7 Å². The van der Waals surface area contributed by atoms with Crippen molar-refractivity contribution in [1.29, 1.82) is 0 Å². The third-order valence-electron chi connectivity index (χ3n) is 4.20. The molecule has 0 unspecified atom stereocenters. The third-order valence-corrected chi connectivity index (χ3v) is 4.20. The Morgan fingerprint density at radius 1 is 1.11 bits per heavy atom. The summed E-state index contributed by atoms with van der Waals surface area (Å²) >= 11 is 0. The maximum atomic E-state index is 12.3. The van der Waals surface area contributed by atoms with Crippen LogP contribution in [-0.4, -0.2) is 30.6 Å². The predicted octanol–water partition coefficient (Wildman–Crippen LogP) is 2.62. The molecule has 4 aromatic rings. The highest BCUT2D eigenvalue weighted by atomic mass is 16.5. The van der Waals surface area contributed by atoms with Crippen molar-refractivity contribution in [2.24, 2.45) is 0 Å². The summed E-state index contributed by atoms with van der Waals surface area (Å²) in [7, 11) is 0. The Hall–Kier alpha value is -3.81. The van der Waals surface area contributed by atoms with E-state index in [0.717, 1.165) is 11.1 Å². The lowest BCUT2D eigenvalue weighted by Crippen LogP contribution is -2.27. The van der Waals surface area contributed by atoms with Crippen molar-refractivity contribution in [3.05, 3.63) is 72.4 Å². The van der Waals surface area contributed by atoms with Gasteiger partial charge >= 0.3 is 0 Å². The van der Waals surface area contributed by atoms with Crippen molar-refractivity contribution < 1.29 is 9.32 Å². The molecule has 0 radical (unpaired) electrons. The summed E-state index contributed by atoms with van der Waals surface area (Å²) in [5.74, 6) is 1.37. The number of hydrogen-bond donors (Lipinski definition) is 1. The predicted molar refractivity (Wildman–Crippen MR) is 102 cm³/mol. The monoisotopic (exact) mass is 374 g/mol. The molecule has 0 spiro atoms. The van der Waals surface area contributed by atoms with Gasteiger partial charge in [-0.2, -0.15) is 4.98 Å². The summed E-state index contributed by atoms with van der Waals surface area (Å²) in [5, 5.41) is 6.90. The van der Waals surface area contributed by atoms with Gasteiger partial charge in [-0.05, 0) is 24.6 Å². The first-order chi connectivity index (χ1) is 13.7. The van der Waals surface area contributed by atoms with E-state index in [0.29, 0.717) is 29.8 Å². The van der Waals surface area contributed by atoms with Gasteiger partial charge in [0.15, 0.2) is 0 Å². The van der Waals surface area contributed by atoms with E-state index in [9.17, 15) is 4.79 Å². The number of benzene rings is 1. The topological polar surface area (TPSA) is 98.7 Å². The summed E-state index contributed by atoms with van der Waals surface area (Å²) in [6.07, 6.45) is 5.07. The van der Waals surface area contributed by atoms with Crippen LogP contribution in [0.25, 0.3) is 23.0 Å². The molecule has 1 amide bonds. The van der Waals surface area contributed by atoms with Crippen molar-refractivity contribution in [1.82, 2.24) is 30.0 Å². The van der Waals surface area contributed by atoms with E-state index in [1.807, 2.05) is 37.3 Å². The van der Waals surface area contributed by atoms with Crippen LogP contribution < -0.4 is 5.32 Å². The Morgan fingerprint density at radius 2 is 1.89 bits per heavy atom. The van der Waals surface area contributed by atoms with Gasteiger partial charge in [0.25, 0.3) is 5.89 Å². The van der Waals surface area contributed by atoms with Crippen LogP contribution >= 0.6 is 0 Å². The van der Waals surface area contributed by atoms with Crippen LogP contribution in [0.2, 0.25) is 0 Å². The zero-order valence-electron chi connectivity index (χ0n) is 15.2. The highest BCUT2D eigenvalue weighted by Gasteiger charge is 2.15. The first kappa shape index (κ1) is 17.6. The smallest absolute Gasteiger partial charge is 0.258 e. The molecule has 3 aromatic heterocycles. The molecule has 0 atom stereocenters. The van der Waals surface area contributed by atoms with Crippen LogP contribution in [0.5, 0.6) is 0 Å². The van der Waals surface area contributed by atoms with Crippen molar-refractivity contribution >= 4 is 5.91 Å². The number of aryl methyl sites for hydroxylation is 1. The standard InChI is InChI=1S/C20H18N6O2/c1-14-23-17(19-24-20(28-25-19)16-7-9-21-10-8-16)12-26(14)13-18(27)22-11-15-5-3-2-4-6-15/h2-10,12H,11,13H2,1H3,(H,22,27). The first-order valence-corrected chi connectivity index (χ1v) is 8.78. The van der Waals surface area contributed by atoms with Crippen LogP contribution in [0, 0.1) is 6.92 Å². The van der Waals surface area contributed by atoms with E-state index in [-0.39, 0.29) is 12.5 Å². The average molecular weight is 374 g/mol. The summed E-state index contributed by atoms with van der Waals surface area (Å²) in [5.41, 5.74) is 2.39. The number of imidazole rings is 1. The van der Waals surface area contributed by atoms with Crippen LogP contribution in [0.3, 0.4) is 0 Å². The van der Waals surface area contributed by atoms with E-state index in [1.165, 1.54) is 0 Å². The molecule has 4 rings (SSSR count). The number of nitrogens with zero attached hydrogens (tertiary/aromatic N) is 5. The number of hydrogen-bond acceptors (Lipinski definition) is 6. The Labute approximate surface area is 161 Å². The van der Waals surface area contributed by atoms with E-state index in [1.54, 1.807) is 35.3 Å². The van der Waals surface area contributed by atoms with Crippen LogP contribution in [0.15, 0.2) is 65.6 Å². The van der Waals surface area contributed by atoms with Gasteiger partial charge in [0.1, 0.15) is 18.1 Å². The van der Waals surface area contributed by atoms with Gasteiger partial charge in [-0.3, -0.25) is 9.78 Å². The highest BCUT2D eigenvalue weighted by molar-refractivity contribution is 5.76. The van der Waals surface area contributed by atoms with Gasteiger partial charge in [-0.1, -0.05) is 35.5 Å². The molecule has 0 aliphatic rings. The number of carbonyl (C=O) groups is 1. The second-order valence-corrected chi connectivity index (χ2v) is 6.22. The molecule has 0 bridgehead atoms. The lowest BCUT2D eigenvalue weighted by Gasteiger charge is -2.07. The lowest BCUT2D eigenvalue weighted by molar-refractivity contribution is -0.121. The van der Waals surface area contributed by atoms with Gasteiger partial charge in [-0.25, -0.2) is 4.98 Å². The molecule has 0 aliphatic heterocycles. The summed E-state index contributed by atoms with van der Waals surface area (Å²) in [6, 6.07) is 13.4. The van der Waals surface area contributed by atoms with Crippen molar-refractivity contribution in [3.8, 4) is 23.0 Å². The van der Waals surface area contributed by atoms with Gasteiger partial charge < -0.3 is 14.4 Å². The largest absolute Gasteiger partial charge is 0.350 e. The third kappa shape index (κ3) is 3.96. The first-order valence-electron chi connectivity index (χ1n) is 8.78. The number of carbonyl (C=O) groups excluding carboxylic acids is 1. The number of rotatable bonds is 6. The maximum Gasteiger partial charge on any atom is 0.258 e. The fraction of sp³-hybridized carbons (Fsp3) is 0.150. The molecule has 140 valence electrons. The minimum absolute atomic E-state index is 0.0958. The minimum Gasteiger partial charge on any atom is -0.350 e. The molecule has 0 saturated heterocycles. The Bertz CT molecular complexity index is 1070. The molecule has 0 fully saturated rings. The Kier molecular flexibility index (Phi) is 4.92. The Morgan fingerprint density at radius 3 is 2.68 bits per heavy atom. The number of pyridine rings is 1. The fourth-order valence-corrected chi connectivity index (χ4v) is 2.72. The van der Waals surface area contributed by atoms with Crippen LogP contribution in [0.4, 0.5) is 0 Å². The number of amides is 1. The second kappa shape index (κ2) is 7.83. The zero-order chi connectivity index (χ0) is 19.3. The summed E-state index contributed by atoms with van der Waals surface area (Å²) < 4.78 is 7.07. The summed E-state index contributed by atoms with van der Waals surface area (Å²) in [6.45, 7) is 2.49. The summed E-state index contributed by atoms with van der Waals surface area (Å²) in [4.78, 5) is 25.1. The van der Waals surface area contributed by atoms with E-state index >= 15 is 0 Å². The Balaban J connectivity index is 1.44. The molecule has 0 aliphatic carbocycles. The molecule has 1 N–H and O–H groups in total. The van der Waals surface area contributed by atoms with Crippen molar-refractivity contribution in [2.75, 3.05) is 0 Å². The van der Waals surface area contributed by atoms with E-state index in [4.69, 9.17) is 4.52 Å². The number of aromatic nitrogens is 5. The van der Waals surface area contributed by atoms with Gasteiger partial charge in [-0.15, -0.1) is 0 Å². The van der Waals surface area contributed by atoms with Crippen molar-refractivity contribution in [2.45, 2.75) is 20.0 Å². The zero-order valence-corrected chi connectivity index (χ0v) is 15.2. The molecule has 0 saturated carbocycles. The molecule has 3 heterocycles.